The number of amides is 2. The molecule has 202 valence electrons. The first-order valence-electron chi connectivity index (χ1n) is 11.9. The van der Waals surface area contributed by atoms with Crippen LogP contribution in [0.25, 0.3) is 0 Å². The molecule has 0 saturated carbocycles. The standard InChI is InChI=1S/C28H22N4O8/c1-2-38-25-15-18(8-13-23(25)40-28(35)19-9-11-22(12-10-19)32(36)37)17-29-31-26(33)20-5-3-6-21(16-20)30-27(34)24-7-4-14-39-24/h3-17H,2H2,1H3,(H,30,34)(H,31,33). The molecule has 0 atom stereocenters. The van der Waals surface area contributed by atoms with Crippen LogP contribution in [0.4, 0.5) is 11.4 Å². The number of furan rings is 1. The Kier molecular flexibility index (Phi) is 8.62. The number of esters is 1. The third-order valence-corrected chi connectivity index (χ3v) is 5.29. The van der Waals surface area contributed by atoms with Gasteiger partial charge in [-0.05, 0) is 73.2 Å². The smallest absolute Gasteiger partial charge is 0.343 e. The molecule has 2 N–H and O–H groups in total. The summed E-state index contributed by atoms with van der Waals surface area (Å²) >= 11 is 0. The molecule has 4 aromatic rings. The number of hydrazone groups is 1. The average Bonchev–Trinajstić information content (AvgIpc) is 3.50. The lowest BCUT2D eigenvalue weighted by Gasteiger charge is -2.11. The molecule has 0 saturated heterocycles. The fraction of sp³-hybridized carbons (Fsp3) is 0.0714. The second-order valence-electron chi connectivity index (χ2n) is 8.04. The number of carbonyl (C=O) groups is 3. The zero-order valence-electron chi connectivity index (χ0n) is 21.0. The highest BCUT2D eigenvalue weighted by Gasteiger charge is 2.15. The predicted molar refractivity (Wildman–Crippen MR) is 144 cm³/mol. The van der Waals surface area contributed by atoms with Crippen molar-refractivity contribution in [2.75, 3.05) is 11.9 Å². The van der Waals surface area contributed by atoms with Gasteiger partial charge in [-0.2, -0.15) is 5.10 Å². The molecule has 0 aliphatic carbocycles. The third kappa shape index (κ3) is 6.95. The Morgan fingerprint density at radius 1 is 0.950 bits per heavy atom. The van der Waals surface area contributed by atoms with Gasteiger partial charge in [0.05, 0.1) is 29.6 Å². The quantitative estimate of drug-likeness (QED) is 0.0947. The number of benzene rings is 3. The number of carbonyl (C=O) groups excluding carboxylic acids is 3. The average molecular weight is 543 g/mol. The van der Waals surface area contributed by atoms with E-state index in [1.807, 2.05) is 0 Å². The topological polar surface area (TPSA) is 162 Å². The molecule has 40 heavy (non-hydrogen) atoms. The second-order valence-corrected chi connectivity index (χ2v) is 8.04. The molecule has 2 amide bonds. The van der Waals surface area contributed by atoms with Crippen molar-refractivity contribution < 1.29 is 33.2 Å². The summed E-state index contributed by atoms with van der Waals surface area (Å²) in [5.41, 5.74) is 3.60. The van der Waals surface area contributed by atoms with Crippen molar-refractivity contribution in [1.29, 1.82) is 0 Å². The number of nitrogens with one attached hydrogen (secondary N) is 2. The molecule has 12 nitrogen and oxygen atoms in total. The van der Waals surface area contributed by atoms with E-state index in [2.05, 4.69) is 15.8 Å². The van der Waals surface area contributed by atoms with E-state index >= 15 is 0 Å². The van der Waals surface area contributed by atoms with Crippen LogP contribution in [-0.2, 0) is 0 Å². The van der Waals surface area contributed by atoms with Crippen molar-refractivity contribution in [3.63, 3.8) is 0 Å². The Morgan fingerprint density at radius 3 is 2.45 bits per heavy atom. The fourth-order valence-electron chi connectivity index (χ4n) is 3.40. The van der Waals surface area contributed by atoms with Gasteiger partial charge in [-0.15, -0.1) is 0 Å². The summed E-state index contributed by atoms with van der Waals surface area (Å²) in [4.78, 5) is 47.5. The molecular formula is C28H22N4O8. The highest BCUT2D eigenvalue weighted by molar-refractivity contribution is 6.03. The predicted octanol–water partition coefficient (Wildman–Crippen LogP) is 4.82. The number of nitro groups is 1. The van der Waals surface area contributed by atoms with Gasteiger partial charge in [0.15, 0.2) is 17.3 Å². The van der Waals surface area contributed by atoms with Gasteiger partial charge in [0.25, 0.3) is 17.5 Å². The Bertz CT molecular complexity index is 1560. The number of nitro benzene ring substituents is 1. The highest BCUT2D eigenvalue weighted by Crippen LogP contribution is 2.29. The summed E-state index contributed by atoms with van der Waals surface area (Å²) in [6.07, 6.45) is 2.76. The molecule has 0 unspecified atom stereocenters. The number of ether oxygens (including phenoxy) is 2. The first-order chi connectivity index (χ1) is 19.3. The molecule has 0 aliphatic rings. The van der Waals surface area contributed by atoms with Crippen LogP contribution in [0.5, 0.6) is 11.5 Å². The molecule has 0 fully saturated rings. The van der Waals surface area contributed by atoms with Crippen LogP contribution >= 0.6 is 0 Å². The van der Waals surface area contributed by atoms with Crippen molar-refractivity contribution in [3.05, 3.63) is 118 Å². The number of non-ortho nitro benzene ring substituents is 1. The first kappa shape index (κ1) is 27.3. The molecule has 3 aromatic carbocycles. The van der Waals surface area contributed by atoms with Crippen LogP contribution in [0.1, 0.15) is 43.8 Å². The number of hydrogen-bond acceptors (Lipinski definition) is 9. The fourth-order valence-corrected chi connectivity index (χ4v) is 3.40. The summed E-state index contributed by atoms with van der Waals surface area (Å²) in [5, 5.41) is 17.4. The van der Waals surface area contributed by atoms with Gasteiger partial charge in [0.1, 0.15) is 0 Å². The maximum Gasteiger partial charge on any atom is 0.343 e. The van der Waals surface area contributed by atoms with Gasteiger partial charge >= 0.3 is 5.97 Å². The monoisotopic (exact) mass is 542 g/mol. The number of rotatable bonds is 10. The van der Waals surface area contributed by atoms with Crippen molar-refractivity contribution in [2.45, 2.75) is 6.92 Å². The van der Waals surface area contributed by atoms with Crippen molar-refractivity contribution >= 4 is 35.4 Å². The Morgan fingerprint density at radius 2 is 1.75 bits per heavy atom. The minimum Gasteiger partial charge on any atom is -0.490 e. The molecule has 0 radical (unpaired) electrons. The van der Waals surface area contributed by atoms with Gasteiger partial charge in [0, 0.05) is 23.4 Å². The normalized spacial score (nSPS) is 10.6. The van der Waals surface area contributed by atoms with Crippen LogP contribution in [0, 0.1) is 10.1 Å². The minimum absolute atomic E-state index is 0.131. The second kappa shape index (κ2) is 12.6. The lowest BCUT2D eigenvalue weighted by atomic mass is 10.2. The number of hydrogen-bond donors (Lipinski definition) is 2. The van der Waals surface area contributed by atoms with Crippen molar-refractivity contribution in [2.24, 2.45) is 5.10 Å². The Hall–Kier alpha value is -5.78. The van der Waals surface area contributed by atoms with E-state index < -0.39 is 22.7 Å². The molecule has 0 aliphatic heterocycles. The molecule has 12 heteroatoms. The van der Waals surface area contributed by atoms with Crippen LogP contribution in [0.3, 0.4) is 0 Å². The van der Waals surface area contributed by atoms with E-state index in [0.29, 0.717) is 11.3 Å². The van der Waals surface area contributed by atoms with E-state index in [4.69, 9.17) is 13.9 Å². The van der Waals surface area contributed by atoms with E-state index in [1.54, 1.807) is 43.3 Å². The van der Waals surface area contributed by atoms with E-state index in [0.717, 1.165) is 0 Å². The summed E-state index contributed by atoms with van der Waals surface area (Å²) < 4.78 is 16.1. The Labute approximate surface area is 227 Å². The summed E-state index contributed by atoms with van der Waals surface area (Å²) in [5.74, 6) is -1.14. The molecule has 4 rings (SSSR count). The SMILES string of the molecule is CCOc1cc(C=NNC(=O)c2cccc(NC(=O)c3ccco3)c2)ccc1OC(=O)c1ccc([N+](=O)[O-])cc1. The molecule has 0 spiro atoms. The summed E-state index contributed by atoms with van der Waals surface area (Å²) in [6.45, 7) is 2.04. The van der Waals surface area contributed by atoms with Crippen LogP contribution < -0.4 is 20.2 Å². The zero-order chi connectivity index (χ0) is 28.5. The minimum atomic E-state index is -0.716. The molecule has 1 heterocycles. The highest BCUT2D eigenvalue weighted by atomic mass is 16.6. The van der Waals surface area contributed by atoms with Gasteiger partial charge in [0.2, 0.25) is 0 Å². The molecular weight excluding hydrogens is 520 g/mol. The van der Waals surface area contributed by atoms with E-state index in [1.165, 1.54) is 54.9 Å². The maximum absolute atomic E-state index is 12.6. The van der Waals surface area contributed by atoms with Crippen molar-refractivity contribution in [1.82, 2.24) is 5.43 Å². The molecule has 1 aromatic heterocycles. The van der Waals surface area contributed by atoms with Crippen LogP contribution in [0.2, 0.25) is 0 Å². The number of anilines is 1. The zero-order valence-corrected chi connectivity index (χ0v) is 21.0. The molecule has 0 bridgehead atoms. The Balaban J connectivity index is 1.39. The van der Waals surface area contributed by atoms with Gasteiger partial charge in [-0.1, -0.05) is 6.07 Å². The van der Waals surface area contributed by atoms with Gasteiger partial charge < -0.3 is 19.2 Å². The van der Waals surface area contributed by atoms with Crippen LogP contribution in [-0.4, -0.2) is 35.5 Å². The van der Waals surface area contributed by atoms with Gasteiger partial charge in [-0.3, -0.25) is 19.7 Å². The van der Waals surface area contributed by atoms with Crippen LogP contribution in [0.15, 0.2) is 94.6 Å². The lowest BCUT2D eigenvalue weighted by molar-refractivity contribution is -0.384. The van der Waals surface area contributed by atoms with E-state index in [9.17, 15) is 24.5 Å². The van der Waals surface area contributed by atoms with E-state index in [-0.39, 0.29) is 40.7 Å². The third-order valence-electron chi connectivity index (χ3n) is 5.29. The summed E-state index contributed by atoms with van der Waals surface area (Å²) in [7, 11) is 0. The first-order valence-corrected chi connectivity index (χ1v) is 11.9. The van der Waals surface area contributed by atoms with Gasteiger partial charge in [-0.25, -0.2) is 10.2 Å². The summed E-state index contributed by atoms with van der Waals surface area (Å²) in [6, 6.07) is 19.1. The lowest BCUT2D eigenvalue weighted by Crippen LogP contribution is -2.18. The van der Waals surface area contributed by atoms with Crippen molar-refractivity contribution in [3.8, 4) is 11.5 Å². The number of nitrogens with zero attached hydrogens (tertiary/aromatic N) is 2. The largest absolute Gasteiger partial charge is 0.490 e. The maximum atomic E-state index is 12.6.